The molecular weight excluding hydrogens is 330 g/mol. The summed E-state index contributed by atoms with van der Waals surface area (Å²) in [5, 5.41) is 5.49. The van der Waals surface area contributed by atoms with E-state index >= 15 is 0 Å². The van der Waals surface area contributed by atoms with Crippen LogP contribution in [-0.4, -0.2) is 17.1 Å². The van der Waals surface area contributed by atoms with Crippen molar-refractivity contribution >= 4 is 28.2 Å². The minimum atomic E-state index is 0.676. The number of fused-ring (bicyclic) bond motifs is 1. The maximum atomic E-state index is 5.21. The van der Waals surface area contributed by atoms with Gasteiger partial charge in [0.1, 0.15) is 11.4 Å². The van der Waals surface area contributed by atoms with Crippen LogP contribution in [0.15, 0.2) is 66.0 Å². The molecule has 2 aromatic carbocycles. The lowest BCUT2D eigenvalue weighted by atomic mass is 10.2. The maximum Gasteiger partial charge on any atom is 0.154 e. The minimum Gasteiger partial charge on any atom is -0.497 e. The van der Waals surface area contributed by atoms with Gasteiger partial charge in [0.2, 0.25) is 0 Å². The molecule has 0 fully saturated rings. The Balaban J connectivity index is 1.68. The maximum absolute atomic E-state index is 5.21. The summed E-state index contributed by atoms with van der Waals surface area (Å²) in [4.78, 5) is 10.7. The second-order valence-electron chi connectivity index (χ2n) is 5.59. The topological polar surface area (TPSA) is 47.0 Å². The number of thiophene rings is 1. The molecule has 0 saturated heterocycles. The molecule has 0 atom stereocenters. The van der Waals surface area contributed by atoms with Crippen molar-refractivity contribution in [1.29, 1.82) is 0 Å². The number of benzene rings is 2. The van der Waals surface area contributed by atoms with Gasteiger partial charge in [-0.05, 0) is 41.3 Å². The largest absolute Gasteiger partial charge is 0.497 e. The fourth-order valence-corrected chi connectivity index (χ4v) is 3.35. The van der Waals surface area contributed by atoms with Crippen molar-refractivity contribution in [2.45, 2.75) is 6.54 Å². The molecule has 0 bridgehead atoms. The Bertz CT molecular complexity index is 982. The van der Waals surface area contributed by atoms with E-state index in [1.165, 1.54) is 0 Å². The monoisotopic (exact) mass is 347 g/mol. The second kappa shape index (κ2) is 6.91. The SMILES string of the molecule is COc1ccc(CNc2nc3ccccc3nc2-c2cccs2)cc1. The van der Waals surface area contributed by atoms with E-state index < -0.39 is 0 Å². The molecule has 0 radical (unpaired) electrons. The van der Waals surface area contributed by atoms with E-state index in [4.69, 9.17) is 14.7 Å². The van der Waals surface area contributed by atoms with E-state index in [0.29, 0.717) is 6.54 Å². The summed E-state index contributed by atoms with van der Waals surface area (Å²) in [6.45, 7) is 0.676. The van der Waals surface area contributed by atoms with Gasteiger partial charge in [-0.25, -0.2) is 9.97 Å². The summed E-state index contributed by atoms with van der Waals surface area (Å²) in [6, 6.07) is 20.1. The van der Waals surface area contributed by atoms with E-state index in [1.54, 1.807) is 18.4 Å². The molecule has 2 aromatic heterocycles. The first-order chi connectivity index (χ1) is 12.3. The van der Waals surface area contributed by atoms with Gasteiger partial charge in [-0.3, -0.25) is 0 Å². The average molecular weight is 347 g/mol. The van der Waals surface area contributed by atoms with Crippen LogP contribution in [0.25, 0.3) is 21.6 Å². The van der Waals surface area contributed by atoms with Gasteiger partial charge < -0.3 is 10.1 Å². The standard InChI is InChI=1S/C20H17N3OS/c1-24-15-10-8-14(9-11-15)13-21-20-19(18-7-4-12-25-18)22-16-5-2-3-6-17(16)23-20/h2-12H,13H2,1H3,(H,21,23). The van der Waals surface area contributed by atoms with Crippen LogP contribution in [0.3, 0.4) is 0 Å². The quantitative estimate of drug-likeness (QED) is 0.553. The van der Waals surface area contributed by atoms with Crippen molar-refractivity contribution < 1.29 is 4.74 Å². The van der Waals surface area contributed by atoms with Crippen LogP contribution in [-0.2, 0) is 6.54 Å². The summed E-state index contributed by atoms with van der Waals surface area (Å²) in [7, 11) is 1.67. The number of para-hydroxylation sites is 2. The van der Waals surface area contributed by atoms with E-state index in [2.05, 4.69) is 16.8 Å². The molecule has 4 nitrogen and oxygen atoms in total. The van der Waals surface area contributed by atoms with E-state index in [-0.39, 0.29) is 0 Å². The molecule has 4 rings (SSSR count). The van der Waals surface area contributed by atoms with Gasteiger partial charge in [0.05, 0.1) is 23.0 Å². The zero-order chi connectivity index (χ0) is 17.1. The number of aromatic nitrogens is 2. The zero-order valence-electron chi connectivity index (χ0n) is 13.8. The van der Waals surface area contributed by atoms with Crippen molar-refractivity contribution in [1.82, 2.24) is 9.97 Å². The molecule has 1 N–H and O–H groups in total. The second-order valence-corrected chi connectivity index (χ2v) is 6.54. The van der Waals surface area contributed by atoms with Crippen molar-refractivity contribution in [2.24, 2.45) is 0 Å². The van der Waals surface area contributed by atoms with Gasteiger partial charge >= 0.3 is 0 Å². The normalized spacial score (nSPS) is 10.8. The lowest BCUT2D eigenvalue weighted by molar-refractivity contribution is 0.414. The van der Waals surface area contributed by atoms with Crippen molar-refractivity contribution in [3.05, 3.63) is 71.6 Å². The molecule has 0 aliphatic rings. The van der Waals surface area contributed by atoms with Gasteiger partial charge in [-0.15, -0.1) is 11.3 Å². The molecule has 0 spiro atoms. The summed E-state index contributed by atoms with van der Waals surface area (Å²) in [5.41, 5.74) is 3.84. The van der Waals surface area contributed by atoms with Crippen LogP contribution in [0.5, 0.6) is 5.75 Å². The number of nitrogens with one attached hydrogen (secondary N) is 1. The number of anilines is 1. The lowest BCUT2D eigenvalue weighted by Crippen LogP contribution is -2.04. The first-order valence-corrected chi connectivity index (χ1v) is 8.89. The highest BCUT2D eigenvalue weighted by molar-refractivity contribution is 7.13. The first-order valence-electron chi connectivity index (χ1n) is 8.01. The van der Waals surface area contributed by atoms with Crippen LogP contribution in [0, 0.1) is 0 Å². The predicted molar refractivity (Wildman–Crippen MR) is 103 cm³/mol. The number of hydrogen-bond acceptors (Lipinski definition) is 5. The highest BCUT2D eigenvalue weighted by atomic mass is 32.1. The average Bonchev–Trinajstić information content (AvgIpc) is 3.20. The Morgan fingerprint density at radius 3 is 2.36 bits per heavy atom. The third-order valence-electron chi connectivity index (χ3n) is 3.94. The number of methoxy groups -OCH3 is 1. The molecule has 25 heavy (non-hydrogen) atoms. The Labute approximate surface area is 150 Å². The summed E-state index contributed by atoms with van der Waals surface area (Å²) >= 11 is 1.67. The first kappa shape index (κ1) is 15.6. The van der Waals surface area contributed by atoms with Gasteiger partial charge in [0.25, 0.3) is 0 Å². The Kier molecular flexibility index (Phi) is 4.31. The molecule has 4 aromatic rings. The van der Waals surface area contributed by atoms with Crippen LogP contribution < -0.4 is 10.1 Å². The van der Waals surface area contributed by atoms with Crippen LogP contribution in [0.2, 0.25) is 0 Å². The molecule has 5 heteroatoms. The van der Waals surface area contributed by atoms with Crippen molar-refractivity contribution in [2.75, 3.05) is 12.4 Å². The smallest absolute Gasteiger partial charge is 0.154 e. The fraction of sp³-hybridized carbons (Fsp3) is 0.100. The Morgan fingerprint density at radius 1 is 0.920 bits per heavy atom. The van der Waals surface area contributed by atoms with Gasteiger partial charge in [-0.2, -0.15) is 0 Å². The molecule has 124 valence electrons. The molecule has 2 heterocycles. The zero-order valence-corrected chi connectivity index (χ0v) is 14.6. The van der Waals surface area contributed by atoms with E-state index in [9.17, 15) is 0 Å². The van der Waals surface area contributed by atoms with E-state index in [1.807, 2.05) is 54.6 Å². The predicted octanol–water partition coefficient (Wildman–Crippen LogP) is 4.98. The third-order valence-corrected chi connectivity index (χ3v) is 4.82. The van der Waals surface area contributed by atoms with Crippen LogP contribution in [0.1, 0.15) is 5.56 Å². The van der Waals surface area contributed by atoms with Crippen LogP contribution >= 0.6 is 11.3 Å². The number of hydrogen-bond donors (Lipinski definition) is 1. The number of rotatable bonds is 5. The summed E-state index contributed by atoms with van der Waals surface area (Å²) in [6.07, 6.45) is 0. The van der Waals surface area contributed by atoms with Gasteiger partial charge in [0.15, 0.2) is 5.82 Å². The number of nitrogens with zero attached hydrogens (tertiary/aromatic N) is 2. The van der Waals surface area contributed by atoms with Gasteiger partial charge in [0, 0.05) is 6.54 Å². The molecular formula is C20H17N3OS. The molecule has 0 aliphatic heterocycles. The highest BCUT2D eigenvalue weighted by Gasteiger charge is 2.11. The lowest BCUT2D eigenvalue weighted by Gasteiger charge is -2.11. The van der Waals surface area contributed by atoms with Gasteiger partial charge in [-0.1, -0.05) is 30.3 Å². The van der Waals surface area contributed by atoms with Crippen LogP contribution in [0.4, 0.5) is 5.82 Å². The Morgan fingerprint density at radius 2 is 1.68 bits per heavy atom. The van der Waals surface area contributed by atoms with Crippen molar-refractivity contribution in [3.63, 3.8) is 0 Å². The third kappa shape index (κ3) is 3.32. The van der Waals surface area contributed by atoms with Crippen molar-refractivity contribution in [3.8, 4) is 16.3 Å². The molecule has 0 saturated carbocycles. The van der Waals surface area contributed by atoms with E-state index in [0.717, 1.165) is 38.7 Å². The molecule has 0 aliphatic carbocycles. The fourth-order valence-electron chi connectivity index (χ4n) is 2.64. The minimum absolute atomic E-state index is 0.676. The summed E-state index contributed by atoms with van der Waals surface area (Å²) < 4.78 is 5.21. The number of ether oxygens (including phenoxy) is 1. The molecule has 0 amide bonds. The summed E-state index contributed by atoms with van der Waals surface area (Å²) in [5.74, 6) is 1.66. The molecule has 0 unspecified atom stereocenters. The Hall–Kier alpha value is -2.92. The highest BCUT2D eigenvalue weighted by Crippen LogP contribution is 2.30.